The molecule has 1 aromatic carbocycles. The Morgan fingerprint density at radius 2 is 1.66 bits per heavy atom. The van der Waals surface area contributed by atoms with Crippen molar-refractivity contribution in [1.82, 2.24) is 14.9 Å². The van der Waals surface area contributed by atoms with Crippen LogP contribution in [0.1, 0.15) is 13.8 Å². The third-order valence-corrected chi connectivity index (χ3v) is 4.90. The van der Waals surface area contributed by atoms with Crippen LogP contribution in [0.5, 0.6) is 5.75 Å². The molecule has 0 aliphatic carbocycles. The molecule has 0 spiro atoms. The summed E-state index contributed by atoms with van der Waals surface area (Å²) in [6.07, 6.45) is 1.89. The van der Waals surface area contributed by atoms with Gasteiger partial charge in [-0.15, -0.1) is 0 Å². The Morgan fingerprint density at radius 1 is 1.03 bits per heavy atom. The molecule has 0 N–H and O–H groups in total. The quantitative estimate of drug-likeness (QED) is 0.546. The summed E-state index contributed by atoms with van der Waals surface area (Å²) in [5, 5.41) is 1.81. The molecule has 2 rings (SSSR count). The first-order valence-corrected chi connectivity index (χ1v) is 10.6. The van der Waals surface area contributed by atoms with Crippen LogP contribution in [0.3, 0.4) is 0 Å². The highest BCUT2D eigenvalue weighted by Crippen LogP contribution is 2.25. The van der Waals surface area contributed by atoms with Gasteiger partial charge in [0, 0.05) is 28.7 Å². The molecular weight excluding hydrogens is 461 g/mol. The van der Waals surface area contributed by atoms with E-state index in [1.54, 1.807) is 32.0 Å². The number of ether oxygens (including phenoxy) is 2. The van der Waals surface area contributed by atoms with E-state index in [9.17, 15) is 14.4 Å². The van der Waals surface area contributed by atoms with Crippen LogP contribution in [0.15, 0.2) is 30.4 Å². The molecule has 11 heteroatoms. The van der Waals surface area contributed by atoms with Crippen LogP contribution in [0.2, 0.25) is 10.0 Å². The van der Waals surface area contributed by atoms with Gasteiger partial charge in [-0.2, -0.15) is 5.06 Å². The Morgan fingerprint density at radius 3 is 2.28 bits per heavy atom. The molecule has 1 aliphatic rings. The third-order valence-electron chi connectivity index (χ3n) is 4.47. The van der Waals surface area contributed by atoms with E-state index in [1.165, 1.54) is 4.90 Å². The number of urea groups is 1. The first-order chi connectivity index (χ1) is 15.0. The second kappa shape index (κ2) is 11.4. The summed E-state index contributed by atoms with van der Waals surface area (Å²) in [5.41, 5.74) is -0.928. The second-order valence-electron chi connectivity index (χ2n) is 7.96. The van der Waals surface area contributed by atoms with Gasteiger partial charge in [0.15, 0.2) is 0 Å². The SMILES string of the molecule is CN(C)CCN1OC(=O)/C=C\C(=O)OCC(C)(C)N(CCOc2cc(Cl)cc(Cl)c2)C1=O. The number of amides is 2. The molecule has 1 aliphatic heterocycles. The first-order valence-electron chi connectivity index (χ1n) is 9.87. The normalized spacial score (nSPS) is 18.2. The van der Waals surface area contributed by atoms with Gasteiger partial charge in [-0.1, -0.05) is 23.2 Å². The second-order valence-corrected chi connectivity index (χ2v) is 8.83. The number of cyclic esters (lactones) is 1. The van der Waals surface area contributed by atoms with Gasteiger partial charge in [0.2, 0.25) is 0 Å². The maximum absolute atomic E-state index is 13.4. The van der Waals surface area contributed by atoms with Crippen molar-refractivity contribution in [2.75, 3.05) is 46.9 Å². The summed E-state index contributed by atoms with van der Waals surface area (Å²) in [6.45, 7) is 4.15. The summed E-state index contributed by atoms with van der Waals surface area (Å²) in [5.74, 6) is -1.13. The fraction of sp³-hybridized carbons (Fsp3) is 0.476. The topological polar surface area (TPSA) is 88.6 Å². The van der Waals surface area contributed by atoms with E-state index in [0.717, 1.165) is 17.2 Å². The predicted molar refractivity (Wildman–Crippen MR) is 120 cm³/mol. The fourth-order valence-electron chi connectivity index (χ4n) is 2.78. The van der Waals surface area contributed by atoms with E-state index >= 15 is 0 Å². The highest BCUT2D eigenvalue weighted by Gasteiger charge is 2.36. The van der Waals surface area contributed by atoms with Crippen LogP contribution >= 0.6 is 23.2 Å². The number of benzene rings is 1. The van der Waals surface area contributed by atoms with Gasteiger partial charge in [-0.05, 0) is 46.1 Å². The molecule has 176 valence electrons. The van der Waals surface area contributed by atoms with Crippen LogP contribution in [0.25, 0.3) is 0 Å². The highest BCUT2D eigenvalue weighted by molar-refractivity contribution is 6.34. The number of hydrogen-bond acceptors (Lipinski definition) is 7. The molecule has 0 unspecified atom stereocenters. The number of hydroxylamine groups is 2. The summed E-state index contributed by atoms with van der Waals surface area (Å²) >= 11 is 12.0. The van der Waals surface area contributed by atoms with Gasteiger partial charge in [-0.3, -0.25) is 0 Å². The molecule has 1 aromatic rings. The van der Waals surface area contributed by atoms with Crippen LogP contribution in [-0.2, 0) is 19.2 Å². The van der Waals surface area contributed by atoms with E-state index < -0.39 is 23.5 Å². The van der Waals surface area contributed by atoms with Crippen molar-refractivity contribution in [3.05, 3.63) is 40.4 Å². The third kappa shape index (κ3) is 7.89. The number of carbonyl (C=O) groups excluding carboxylic acids is 3. The summed E-state index contributed by atoms with van der Waals surface area (Å²) in [6, 6.07) is 4.22. The monoisotopic (exact) mass is 487 g/mol. The molecule has 0 radical (unpaired) electrons. The van der Waals surface area contributed by atoms with Gasteiger partial charge in [0.1, 0.15) is 19.0 Å². The van der Waals surface area contributed by atoms with E-state index in [0.29, 0.717) is 22.3 Å². The van der Waals surface area contributed by atoms with Gasteiger partial charge in [-0.25, -0.2) is 14.4 Å². The Balaban J connectivity index is 2.25. The van der Waals surface area contributed by atoms with Crippen LogP contribution in [0, 0.1) is 0 Å². The lowest BCUT2D eigenvalue weighted by Crippen LogP contribution is -2.57. The Kier molecular flexibility index (Phi) is 9.18. The molecular formula is C21H27Cl2N3O6. The summed E-state index contributed by atoms with van der Waals surface area (Å²) in [4.78, 5) is 45.9. The van der Waals surface area contributed by atoms with Crippen LogP contribution < -0.4 is 4.74 Å². The fourth-order valence-corrected chi connectivity index (χ4v) is 3.28. The average molecular weight is 488 g/mol. The number of hydrogen-bond donors (Lipinski definition) is 0. The number of likely N-dealkylation sites (N-methyl/N-ethyl adjacent to an activating group) is 1. The zero-order chi connectivity index (χ0) is 23.9. The van der Waals surface area contributed by atoms with E-state index in [-0.39, 0.29) is 26.3 Å². The predicted octanol–water partition coefficient (Wildman–Crippen LogP) is 3.01. The molecule has 32 heavy (non-hydrogen) atoms. The molecule has 0 fully saturated rings. The Bertz CT molecular complexity index is 855. The number of rotatable bonds is 7. The van der Waals surface area contributed by atoms with Crippen molar-refractivity contribution < 1.29 is 28.7 Å². The van der Waals surface area contributed by atoms with E-state index in [1.807, 2.05) is 19.0 Å². The molecule has 0 atom stereocenters. The maximum atomic E-state index is 13.4. The van der Waals surface area contributed by atoms with Gasteiger partial charge in [0.05, 0.1) is 18.6 Å². The number of esters is 1. The van der Waals surface area contributed by atoms with Crippen molar-refractivity contribution in [2.24, 2.45) is 0 Å². The number of nitrogens with zero attached hydrogens (tertiary/aromatic N) is 3. The molecule has 1 heterocycles. The molecule has 0 saturated carbocycles. The standard InChI is InChI=1S/C21H27Cl2N3O6/c1-21(2)14-31-18(27)5-6-19(28)32-26(8-7-24(3)4)20(29)25(21)9-10-30-17-12-15(22)11-16(23)13-17/h5-6,11-13H,7-10,14H2,1-4H3/b6-5-. The smallest absolute Gasteiger partial charge is 0.356 e. The van der Waals surface area contributed by atoms with E-state index in [4.69, 9.17) is 37.5 Å². The van der Waals surface area contributed by atoms with Gasteiger partial charge < -0.3 is 24.1 Å². The molecule has 0 saturated heterocycles. The molecule has 0 aromatic heterocycles. The highest BCUT2D eigenvalue weighted by atomic mass is 35.5. The lowest BCUT2D eigenvalue weighted by atomic mass is 10.0. The van der Waals surface area contributed by atoms with Crippen molar-refractivity contribution in [2.45, 2.75) is 19.4 Å². The first kappa shape index (κ1) is 25.8. The molecule has 9 nitrogen and oxygen atoms in total. The Hall–Kier alpha value is -2.49. The zero-order valence-electron chi connectivity index (χ0n) is 18.5. The largest absolute Gasteiger partial charge is 0.492 e. The van der Waals surface area contributed by atoms with Crippen LogP contribution in [-0.4, -0.2) is 85.3 Å². The zero-order valence-corrected chi connectivity index (χ0v) is 20.0. The van der Waals surface area contributed by atoms with Crippen molar-refractivity contribution in [3.8, 4) is 5.75 Å². The van der Waals surface area contributed by atoms with Crippen molar-refractivity contribution >= 4 is 41.2 Å². The average Bonchev–Trinajstić information content (AvgIpc) is 2.70. The van der Waals surface area contributed by atoms with Gasteiger partial charge in [0.25, 0.3) is 0 Å². The summed E-state index contributed by atoms with van der Waals surface area (Å²) < 4.78 is 10.9. The number of carbonyl (C=O) groups is 3. The van der Waals surface area contributed by atoms with Crippen LogP contribution in [0.4, 0.5) is 4.79 Å². The Labute approximate surface area is 197 Å². The minimum Gasteiger partial charge on any atom is -0.492 e. The van der Waals surface area contributed by atoms with Gasteiger partial charge >= 0.3 is 18.0 Å². The lowest BCUT2D eigenvalue weighted by molar-refractivity contribution is -0.174. The minimum atomic E-state index is -0.928. The molecule has 2 amide bonds. The van der Waals surface area contributed by atoms with Crippen molar-refractivity contribution in [1.29, 1.82) is 0 Å². The van der Waals surface area contributed by atoms with E-state index in [2.05, 4.69) is 0 Å². The molecule has 0 bridgehead atoms. The minimum absolute atomic E-state index is 0.0908. The lowest BCUT2D eigenvalue weighted by Gasteiger charge is -2.39. The van der Waals surface area contributed by atoms with Crippen molar-refractivity contribution in [3.63, 3.8) is 0 Å². The summed E-state index contributed by atoms with van der Waals surface area (Å²) in [7, 11) is 3.66. The number of halogens is 2. The maximum Gasteiger partial charge on any atom is 0.356 e.